The smallest absolute Gasteiger partial charge is 0.246 e. The van der Waals surface area contributed by atoms with E-state index in [2.05, 4.69) is 63.4 Å². The fourth-order valence-electron chi connectivity index (χ4n) is 6.44. The molecule has 6 rings (SSSR count). The quantitative estimate of drug-likeness (QED) is 0.214. The first kappa shape index (κ1) is 31.3. The van der Waals surface area contributed by atoms with Crippen molar-refractivity contribution in [2.45, 2.75) is 38.8 Å². The second kappa shape index (κ2) is 13.7. The molecule has 2 atom stereocenters. The van der Waals surface area contributed by atoms with Crippen LogP contribution in [-0.2, 0) is 22.7 Å². The predicted octanol–water partition coefficient (Wildman–Crippen LogP) is 8.62. The number of nitrogens with zero attached hydrogens (tertiary/aromatic N) is 2. The van der Waals surface area contributed by atoms with Crippen LogP contribution in [0.2, 0.25) is 10.0 Å². The molecule has 0 spiro atoms. The van der Waals surface area contributed by atoms with Crippen LogP contribution in [0.1, 0.15) is 56.3 Å². The molecule has 0 aliphatic carbocycles. The molecule has 2 aliphatic rings. The van der Waals surface area contributed by atoms with Crippen LogP contribution in [0.4, 0.5) is 0 Å². The highest BCUT2D eigenvalue weighted by molar-refractivity contribution is 6.32. The Kier molecular flexibility index (Phi) is 9.73. The van der Waals surface area contributed by atoms with Gasteiger partial charge in [0.1, 0.15) is 0 Å². The first-order chi connectivity index (χ1) is 21.2. The molecule has 0 saturated carbocycles. The molecule has 0 bridgehead atoms. The molecule has 2 amide bonds. The zero-order valence-corrected chi connectivity index (χ0v) is 26.6. The summed E-state index contributed by atoms with van der Waals surface area (Å²) in [4.78, 5) is 27.9. The normalized spacial score (nSPS) is 17.0. The lowest BCUT2D eigenvalue weighted by molar-refractivity contribution is -0.127. The van der Waals surface area contributed by atoms with Crippen LogP contribution in [0.25, 0.3) is 0 Å². The summed E-state index contributed by atoms with van der Waals surface area (Å²) in [5.41, 5.74) is 9.39. The van der Waals surface area contributed by atoms with Crippen molar-refractivity contribution < 1.29 is 9.59 Å². The number of fused-ring (bicyclic) bond motifs is 2. The molecule has 4 aromatic rings. The van der Waals surface area contributed by atoms with E-state index < -0.39 is 0 Å². The summed E-state index contributed by atoms with van der Waals surface area (Å²) in [6.07, 6.45) is 2.76. The molecule has 4 aromatic carbocycles. The van der Waals surface area contributed by atoms with Gasteiger partial charge in [-0.1, -0.05) is 109 Å². The van der Waals surface area contributed by atoms with E-state index in [0.717, 1.165) is 32.3 Å². The van der Waals surface area contributed by atoms with Crippen LogP contribution in [0, 0.1) is 13.8 Å². The Hall–Kier alpha value is -4.12. The van der Waals surface area contributed by atoms with Crippen LogP contribution in [0.5, 0.6) is 0 Å². The van der Waals surface area contributed by atoms with Gasteiger partial charge in [0.25, 0.3) is 0 Å². The van der Waals surface area contributed by atoms with Gasteiger partial charge in [0, 0.05) is 48.1 Å². The number of rotatable bonds is 4. The van der Waals surface area contributed by atoms with Gasteiger partial charge in [0.05, 0.1) is 0 Å². The Morgan fingerprint density at radius 2 is 1.02 bits per heavy atom. The zero-order chi connectivity index (χ0) is 31.4. The zero-order valence-electron chi connectivity index (χ0n) is 25.1. The summed E-state index contributed by atoms with van der Waals surface area (Å²) in [6.45, 7) is 13.8. The molecule has 2 heterocycles. The van der Waals surface area contributed by atoms with Crippen molar-refractivity contribution in [1.29, 1.82) is 0 Å². The number of benzene rings is 4. The molecule has 2 aliphatic heterocycles. The lowest BCUT2D eigenvalue weighted by Gasteiger charge is -2.35. The van der Waals surface area contributed by atoms with Gasteiger partial charge in [-0.25, -0.2) is 0 Å². The Labute approximate surface area is 270 Å². The van der Waals surface area contributed by atoms with E-state index in [9.17, 15) is 9.59 Å². The van der Waals surface area contributed by atoms with E-state index >= 15 is 0 Å². The highest BCUT2D eigenvalue weighted by Gasteiger charge is 2.32. The van der Waals surface area contributed by atoms with Crippen molar-refractivity contribution in [2.24, 2.45) is 0 Å². The second-order valence-corrected chi connectivity index (χ2v) is 12.1. The lowest BCUT2D eigenvalue weighted by Crippen LogP contribution is -2.38. The molecule has 0 aromatic heterocycles. The average molecular weight is 624 g/mol. The third-order valence-corrected chi connectivity index (χ3v) is 9.27. The fourth-order valence-corrected chi connectivity index (χ4v) is 7.09. The topological polar surface area (TPSA) is 40.6 Å². The number of aryl methyl sites for hydroxylation is 2. The first-order valence-electron chi connectivity index (χ1n) is 14.7. The molecular formula is C38H36Cl2N2O2. The number of amides is 2. The maximum Gasteiger partial charge on any atom is 0.246 e. The van der Waals surface area contributed by atoms with Gasteiger partial charge in [-0.05, 0) is 82.6 Å². The first-order valence-corrected chi connectivity index (χ1v) is 15.5. The van der Waals surface area contributed by atoms with Gasteiger partial charge in [0.15, 0.2) is 0 Å². The number of hydrogen-bond donors (Lipinski definition) is 0. The van der Waals surface area contributed by atoms with Gasteiger partial charge in [0.2, 0.25) is 11.8 Å². The van der Waals surface area contributed by atoms with Crippen LogP contribution in [0.15, 0.2) is 110 Å². The summed E-state index contributed by atoms with van der Waals surface area (Å²) < 4.78 is 0. The molecule has 0 saturated heterocycles. The van der Waals surface area contributed by atoms with Crippen molar-refractivity contribution in [1.82, 2.24) is 9.80 Å². The van der Waals surface area contributed by atoms with Crippen LogP contribution in [-0.4, -0.2) is 34.7 Å². The molecule has 0 fully saturated rings. The van der Waals surface area contributed by atoms with Crippen molar-refractivity contribution in [3.05, 3.63) is 165 Å². The van der Waals surface area contributed by atoms with Crippen molar-refractivity contribution in [3.8, 4) is 0 Å². The van der Waals surface area contributed by atoms with Gasteiger partial charge in [-0.2, -0.15) is 0 Å². The minimum atomic E-state index is -0.0378. The van der Waals surface area contributed by atoms with Crippen molar-refractivity contribution in [3.63, 3.8) is 0 Å². The average Bonchev–Trinajstić information content (AvgIpc) is 3.04. The minimum Gasteiger partial charge on any atom is -0.334 e. The summed E-state index contributed by atoms with van der Waals surface area (Å²) in [6, 6.07) is 28.4. The summed E-state index contributed by atoms with van der Waals surface area (Å²) in [5, 5.41) is 1.55. The largest absolute Gasteiger partial charge is 0.334 e. The summed E-state index contributed by atoms with van der Waals surface area (Å²) in [7, 11) is 0. The second-order valence-electron chi connectivity index (χ2n) is 11.3. The number of carbonyl (C=O) groups is 2. The minimum absolute atomic E-state index is 0.0378. The predicted molar refractivity (Wildman–Crippen MR) is 180 cm³/mol. The highest BCUT2D eigenvalue weighted by atomic mass is 35.5. The van der Waals surface area contributed by atoms with E-state index in [1.807, 2.05) is 58.3 Å². The fraction of sp³-hybridized carbons (Fsp3) is 0.211. The number of hydrogen-bond acceptors (Lipinski definition) is 2. The Balaban J connectivity index is 0.000000175. The van der Waals surface area contributed by atoms with Crippen LogP contribution in [0.3, 0.4) is 0 Å². The Morgan fingerprint density at radius 3 is 1.39 bits per heavy atom. The maximum atomic E-state index is 12.1. The number of halogens is 2. The summed E-state index contributed by atoms with van der Waals surface area (Å²) in [5.74, 6) is 0.124. The van der Waals surface area contributed by atoms with Gasteiger partial charge in [-0.3, -0.25) is 9.59 Å². The van der Waals surface area contributed by atoms with E-state index in [-0.39, 0.29) is 23.7 Å². The molecule has 0 unspecified atom stereocenters. The monoisotopic (exact) mass is 622 g/mol. The molecule has 224 valence electrons. The molecule has 6 heteroatoms. The van der Waals surface area contributed by atoms with Gasteiger partial charge < -0.3 is 9.80 Å². The molecule has 44 heavy (non-hydrogen) atoms. The van der Waals surface area contributed by atoms with Crippen LogP contribution >= 0.6 is 23.2 Å². The molecule has 0 N–H and O–H groups in total. The SMILES string of the molecule is C=CC(=O)N1Cc2cccc(Cl)c2[C@@H](c2ccccc2C)C1.C=CC(=O)N1Cc2cccc(Cl)c2[C@H](c2ccccc2C)C1. The third kappa shape index (κ3) is 6.38. The molecule has 0 radical (unpaired) electrons. The Bertz CT molecular complexity index is 1600. The van der Waals surface area contributed by atoms with E-state index in [1.165, 1.54) is 34.4 Å². The third-order valence-electron chi connectivity index (χ3n) is 8.61. The van der Waals surface area contributed by atoms with E-state index in [4.69, 9.17) is 23.2 Å². The van der Waals surface area contributed by atoms with E-state index in [1.54, 1.807) is 0 Å². The molecular weight excluding hydrogens is 587 g/mol. The standard InChI is InChI=1S/2C19H18ClNO/c2*1-3-18(22)21-11-14-8-6-10-17(20)19(14)16(12-21)15-9-5-4-7-13(15)2/h2*3-10,16H,1,11-12H2,2H3/t2*16-/m10/s1. The summed E-state index contributed by atoms with van der Waals surface area (Å²) >= 11 is 13.0. The van der Waals surface area contributed by atoms with Gasteiger partial charge >= 0.3 is 0 Å². The van der Waals surface area contributed by atoms with Crippen molar-refractivity contribution >= 4 is 35.0 Å². The maximum absolute atomic E-state index is 12.1. The lowest BCUT2D eigenvalue weighted by atomic mass is 9.83. The van der Waals surface area contributed by atoms with Crippen LogP contribution < -0.4 is 0 Å². The number of carbonyl (C=O) groups excluding carboxylic acids is 2. The van der Waals surface area contributed by atoms with E-state index in [0.29, 0.717) is 26.2 Å². The van der Waals surface area contributed by atoms with Crippen molar-refractivity contribution in [2.75, 3.05) is 13.1 Å². The Morgan fingerprint density at radius 1 is 0.636 bits per heavy atom. The highest BCUT2D eigenvalue weighted by Crippen LogP contribution is 2.40. The van der Waals surface area contributed by atoms with Gasteiger partial charge in [-0.15, -0.1) is 0 Å². The molecule has 4 nitrogen and oxygen atoms in total.